The van der Waals surface area contributed by atoms with Crippen molar-refractivity contribution >= 4 is 11.4 Å². The van der Waals surface area contributed by atoms with E-state index in [4.69, 9.17) is 0 Å². The van der Waals surface area contributed by atoms with Gasteiger partial charge < -0.3 is 5.32 Å². The first-order valence-corrected chi connectivity index (χ1v) is 12.1. The number of alkyl halides is 3. The SMILES string of the molecule is CCCCn1cc(C(=O)NCc2ccc(-c3ncnn4cc(-c5cnn(C)c5)cc34)cc2C(F)(F)F)cn1. The summed E-state index contributed by atoms with van der Waals surface area (Å²) >= 11 is 0. The van der Waals surface area contributed by atoms with Crippen LogP contribution >= 0.6 is 0 Å². The minimum atomic E-state index is -4.63. The van der Waals surface area contributed by atoms with Crippen LogP contribution in [0.1, 0.15) is 41.3 Å². The lowest BCUT2D eigenvalue weighted by Gasteiger charge is -2.15. The van der Waals surface area contributed by atoms with E-state index in [1.54, 1.807) is 45.6 Å². The molecule has 5 rings (SSSR count). The van der Waals surface area contributed by atoms with Crippen LogP contribution in [-0.2, 0) is 26.3 Å². The van der Waals surface area contributed by atoms with Gasteiger partial charge in [0.25, 0.3) is 5.91 Å². The fourth-order valence-corrected chi connectivity index (χ4v) is 4.22. The highest BCUT2D eigenvalue weighted by molar-refractivity contribution is 5.93. The lowest BCUT2D eigenvalue weighted by Crippen LogP contribution is -2.24. The molecule has 0 saturated heterocycles. The van der Waals surface area contributed by atoms with Crippen molar-refractivity contribution in [2.24, 2.45) is 7.05 Å². The molecule has 1 amide bonds. The van der Waals surface area contributed by atoms with Crippen LogP contribution < -0.4 is 5.32 Å². The molecule has 0 aliphatic carbocycles. The van der Waals surface area contributed by atoms with Gasteiger partial charge in [0.1, 0.15) is 6.33 Å². The summed E-state index contributed by atoms with van der Waals surface area (Å²) in [6, 6.07) is 5.81. The normalized spacial score (nSPS) is 11.8. The Labute approximate surface area is 215 Å². The first-order valence-electron chi connectivity index (χ1n) is 12.1. The maximum atomic E-state index is 14.1. The second kappa shape index (κ2) is 10.1. The first kappa shape index (κ1) is 25.2. The van der Waals surface area contributed by atoms with Gasteiger partial charge in [-0.15, -0.1) is 0 Å². The van der Waals surface area contributed by atoms with E-state index < -0.39 is 17.6 Å². The molecule has 0 aliphatic heterocycles. The monoisotopic (exact) mass is 522 g/mol. The van der Waals surface area contributed by atoms with Crippen molar-refractivity contribution in [1.29, 1.82) is 0 Å². The summed E-state index contributed by atoms with van der Waals surface area (Å²) < 4.78 is 47.1. The van der Waals surface area contributed by atoms with Gasteiger partial charge in [-0.1, -0.05) is 25.5 Å². The molecule has 5 aromatic rings. The van der Waals surface area contributed by atoms with Gasteiger partial charge >= 0.3 is 6.18 Å². The van der Waals surface area contributed by atoms with E-state index in [9.17, 15) is 18.0 Å². The Hall–Kier alpha value is -4.48. The Morgan fingerprint density at radius 1 is 1.00 bits per heavy atom. The maximum absolute atomic E-state index is 14.1. The summed E-state index contributed by atoms with van der Waals surface area (Å²) in [4.78, 5) is 16.8. The van der Waals surface area contributed by atoms with E-state index in [0.29, 0.717) is 23.3 Å². The number of fused-ring (bicyclic) bond motifs is 1. The second-order valence-corrected chi connectivity index (χ2v) is 8.97. The van der Waals surface area contributed by atoms with Crippen LogP contribution in [0.25, 0.3) is 27.9 Å². The summed E-state index contributed by atoms with van der Waals surface area (Å²) in [5.41, 5.74) is 2.26. The molecule has 4 aromatic heterocycles. The number of nitrogens with one attached hydrogen (secondary N) is 1. The van der Waals surface area contributed by atoms with Crippen molar-refractivity contribution in [2.75, 3.05) is 0 Å². The Balaban J connectivity index is 1.42. The van der Waals surface area contributed by atoms with E-state index in [0.717, 1.165) is 30.0 Å². The third-order valence-electron chi connectivity index (χ3n) is 6.21. The van der Waals surface area contributed by atoms with Gasteiger partial charge in [-0.25, -0.2) is 9.50 Å². The molecule has 4 heterocycles. The number of hydrogen-bond donors (Lipinski definition) is 1. The third kappa shape index (κ3) is 5.15. The van der Waals surface area contributed by atoms with Crippen molar-refractivity contribution in [2.45, 2.75) is 39.0 Å². The summed E-state index contributed by atoms with van der Waals surface area (Å²) in [5, 5.41) is 15.1. The minimum absolute atomic E-state index is 0.0514. The molecule has 0 fully saturated rings. The first-order chi connectivity index (χ1) is 18.2. The average Bonchev–Trinajstić information content (AvgIpc) is 3.64. The Bertz CT molecular complexity index is 1600. The van der Waals surface area contributed by atoms with Crippen molar-refractivity contribution in [3.63, 3.8) is 0 Å². The maximum Gasteiger partial charge on any atom is 0.416 e. The Morgan fingerprint density at radius 2 is 1.84 bits per heavy atom. The molecular formula is C26H25F3N8O. The summed E-state index contributed by atoms with van der Waals surface area (Å²) in [6.45, 7) is 2.43. The molecule has 0 atom stereocenters. The second-order valence-electron chi connectivity index (χ2n) is 8.97. The molecule has 0 saturated carbocycles. The van der Waals surface area contributed by atoms with Gasteiger partial charge in [-0.05, 0) is 24.1 Å². The molecule has 0 spiro atoms. The smallest absolute Gasteiger partial charge is 0.348 e. The molecule has 0 unspecified atom stereocenters. The number of benzene rings is 1. The van der Waals surface area contributed by atoms with Crippen molar-refractivity contribution in [1.82, 2.24) is 39.5 Å². The minimum Gasteiger partial charge on any atom is -0.348 e. The highest BCUT2D eigenvalue weighted by atomic mass is 19.4. The summed E-state index contributed by atoms with van der Waals surface area (Å²) in [5.74, 6) is -0.487. The number of carbonyl (C=O) groups is 1. The molecule has 196 valence electrons. The van der Waals surface area contributed by atoms with Gasteiger partial charge in [-0.2, -0.15) is 28.5 Å². The number of unbranched alkanes of at least 4 members (excludes halogenated alkanes) is 1. The Morgan fingerprint density at radius 3 is 2.58 bits per heavy atom. The quantitative estimate of drug-likeness (QED) is 0.318. The molecule has 1 N–H and O–H groups in total. The van der Waals surface area contributed by atoms with Gasteiger partial charge in [0.05, 0.1) is 34.7 Å². The number of nitrogens with zero attached hydrogens (tertiary/aromatic N) is 7. The zero-order valence-corrected chi connectivity index (χ0v) is 20.8. The highest BCUT2D eigenvalue weighted by Gasteiger charge is 2.34. The van der Waals surface area contributed by atoms with Crippen LogP contribution in [0.15, 0.2) is 61.6 Å². The largest absolute Gasteiger partial charge is 0.416 e. The fraction of sp³-hybridized carbons (Fsp3) is 0.269. The molecular weight excluding hydrogens is 497 g/mol. The van der Waals surface area contributed by atoms with Crippen LogP contribution in [0.5, 0.6) is 0 Å². The lowest BCUT2D eigenvalue weighted by molar-refractivity contribution is -0.138. The number of hydrogen-bond acceptors (Lipinski definition) is 5. The van der Waals surface area contributed by atoms with Crippen LogP contribution in [-0.4, -0.2) is 40.1 Å². The number of rotatable bonds is 8. The summed E-state index contributed by atoms with van der Waals surface area (Å²) in [7, 11) is 1.80. The third-order valence-corrected chi connectivity index (χ3v) is 6.21. The van der Waals surface area contributed by atoms with Crippen molar-refractivity contribution < 1.29 is 18.0 Å². The summed E-state index contributed by atoms with van der Waals surface area (Å²) in [6.07, 6.45) is 6.88. The highest BCUT2D eigenvalue weighted by Crippen LogP contribution is 2.36. The molecule has 12 heteroatoms. The van der Waals surface area contributed by atoms with E-state index in [1.807, 2.05) is 19.2 Å². The van der Waals surface area contributed by atoms with Crippen LogP contribution in [0.3, 0.4) is 0 Å². The predicted octanol–water partition coefficient (Wildman–Crippen LogP) is 4.74. The van der Waals surface area contributed by atoms with E-state index in [-0.39, 0.29) is 17.7 Å². The average molecular weight is 523 g/mol. The zero-order chi connectivity index (χ0) is 26.9. The fourth-order valence-electron chi connectivity index (χ4n) is 4.22. The predicted molar refractivity (Wildman–Crippen MR) is 134 cm³/mol. The molecule has 38 heavy (non-hydrogen) atoms. The number of halogens is 3. The number of carbonyl (C=O) groups excluding carboxylic acids is 1. The molecule has 0 bridgehead atoms. The van der Waals surface area contributed by atoms with Gasteiger partial charge in [0.15, 0.2) is 0 Å². The van der Waals surface area contributed by atoms with E-state index >= 15 is 0 Å². The standard InChI is InChI=1S/C26H25F3N8O/c1-3-4-7-36-14-21(12-33-36)25(38)30-10-18-6-5-17(8-22(18)26(27,28)29)24-23-9-19(15-37(23)34-16-31-24)20-11-32-35(2)13-20/h5-6,8-9,11-16H,3-4,7,10H2,1-2H3,(H,30,38). The van der Waals surface area contributed by atoms with Gasteiger partial charge in [-0.3, -0.25) is 14.2 Å². The molecule has 1 aromatic carbocycles. The molecule has 9 nitrogen and oxygen atoms in total. The number of aryl methyl sites for hydroxylation is 2. The molecule has 0 aliphatic rings. The topological polar surface area (TPSA) is 94.9 Å². The number of aromatic nitrogens is 7. The van der Waals surface area contributed by atoms with Crippen LogP contribution in [0.2, 0.25) is 0 Å². The van der Waals surface area contributed by atoms with Crippen LogP contribution in [0, 0.1) is 0 Å². The van der Waals surface area contributed by atoms with Gasteiger partial charge in [0, 0.05) is 55.4 Å². The number of amides is 1. The van der Waals surface area contributed by atoms with E-state index in [1.165, 1.54) is 18.6 Å². The van der Waals surface area contributed by atoms with Crippen LogP contribution in [0.4, 0.5) is 13.2 Å². The zero-order valence-electron chi connectivity index (χ0n) is 20.8. The van der Waals surface area contributed by atoms with Gasteiger partial charge in [0.2, 0.25) is 0 Å². The van der Waals surface area contributed by atoms with Crippen molar-refractivity contribution in [3.8, 4) is 22.4 Å². The van der Waals surface area contributed by atoms with Crippen molar-refractivity contribution in [3.05, 3.63) is 78.3 Å². The van der Waals surface area contributed by atoms with E-state index in [2.05, 4.69) is 25.6 Å². The Kier molecular flexibility index (Phi) is 6.70. The molecule has 0 radical (unpaired) electrons. The lowest BCUT2D eigenvalue weighted by atomic mass is 10.0.